The van der Waals surface area contributed by atoms with Gasteiger partial charge in [-0.1, -0.05) is 42.8 Å². The Balaban J connectivity index is 2.10. The lowest BCUT2D eigenvalue weighted by molar-refractivity contribution is 0.0981. The maximum atomic E-state index is 12.3. The van der Waals surface area contributed by atoms with E-state index in [0.717, 1.165) is 12.0 Å². The molecule has 0 aliphatic heterocycles. The summed E-state index contributed by atoms with van der Waals surface area (Å²) in [6, 6.07) is 7.24. The highest BCUT2D eigenvalue weighted by Crippen LogP contribution is 2.22. The zero-order valence-electron chi connectivity index (χ0n) is 15.0. The molecule has 0 fully saturated rings. The summed E-state index contributed by atoms with van der Waals surface area (Å²) in [5, 5.41) is 4.14. The summed E-state index contributed by atoms with van der Waals surface area (Å²) >= 11 is 6.13. The highest BCUT2D eigenvalue weighted by atomic mass is 35.5. The summed E-state index contributed by atoms with van der Waals surface area (Å²) in [6.07, 6.45) is 2.82. The van der Waals surface area contributed by atoms with Crippen molar-refractivity contribution < 1.29 is 9.53 Å². The van der Waals surface area contributed by atoms with Gasteiger partial charge in [-0.05, 0) is 32.8 Å². The number of benzene rings is 1. The van der Waals surface area contributed by atoms with Crippen LogP contribution in [0.25, 0.3) is 0 Å². The van der Waals surface area contributed by atoms with Gasteiger partial charge in [-0.2, -0.15) is 5.10 Å². The van der Waals surface area contributed by atoms with E-state index in [9.17, 15) is 9.59 Å². The molecular weight excluding hydrogens is 340 g/mol. The van der Waals surface area contributed by atoms with Crippen molar-refractivity contribution in [3.05, 3.63) is 57.0 Å². The molecule has 6 heteroatoms. The van der Waals surface area contributed by atoms with Crippen LogP contribution in [0.4, 0.5) is 0 Å². The molecule has 25 heavy (non-hydrogen) atoms. The lowest BCUT2D eigenvalue weighted by atomic mass is 10.1. The first-order valence-corrected chi connectivity index (χ1v) is 8.65. The van der Waals surface area contributed by atoms with Crippen molar-refractivity contribution in [3.63, 3.8) is 0 Å². The van der Waals surface area contributed by atoms with Gasteiger partial charge in [0, 0.05) is 12.0 Å². The standard InChI is InChI=1S/C19H23ClN2O3/c1-5-6-15(23)14-9-7-13(8-10-14)12-25-16-11-21-22(19(2,3)4)18(24)17(16)20/h7-11H,5-6,12H2,1-4H3. The Kier molecular flexibility index (Phi) is 6.01. The SMILES string of the molecule is CCCC(=O)c1ccc(COc2cnn(C(C)(C)C)c(=O)c2Cl)cc1. The number of nitrogens with zero attached hydrogens (tertiary/aromatic N) is 2. The first kappa shape index (κ1) is 19.2. The first-order valence-electron chi connectivity index (χ1n) is 8.27. The quantitative estimate of drug-likeness (QED) is 0.722. The van der Waals surface area contributed by atoms with E-state index in [-0.39, 0.29) is 28.7 Å². The molecular formula is C19H23ClN2O3. The maximum absolute atomic E-state index is 12.3. The third-order valence-electron chi connectivity index (χ3n) is 3.67. The van der Waals surface area contributed by atoms with Gasteiger partial charge in [0.15, 0.2) is 16.6 Å². The molecule has 0 amide bonds. The minimum Gasteiger partial charge on any atom is -0.485 e. The molecule has 0 aliphatic rings. The Morgan fingerprint density at radius 1 is 1.24 bits per heavy atom. The van der Waals surface area contributed by atoms with Gasteiger partial charge in [-0.3, -0.25) is 9.59 Å². The molecule has 1 heterocycles. The number of ether oxygens (including phenoxy) is 1. The molecule has 1 aromatic heterocycles. The van der Waals surface area contributed by atoms with Crippen molar-refractivity contribution in [1.29, 1.82) is 0 Å². The molecule has 0 spiro atoms. The number of halogens is 1. The highest BCUT2D eigenvalue weighted by Gasteiger charge is 2.20. The van der Waals surface area contributed by atoms with Gasteiger partial charge in [0.2, 0.25) is 0 Å². The number of hydrogen-bond donors (Lipinski definition) is 0. The smallest absolute Gasteiger partial charge is 0.289 e. The Morgan fingerprint density at radius 2 is 1.88 bits per heavy atom. The Morgan fingerprint density at radius 3 is 2.44 bits per heavy atom. The van der Waals surface area contributed by atoms with Crippen molar-refractivity contribution in [2.45, 2.75) is 52.7 Å². The predicted octanol–water partition coefficient (Wildman–Crippen LogP) is 4.21. The normalized spacial score (nSPS) is 11.4. The molecule has 134 valence electrons. The second kappa shape index (κ2) is 7.83. The number of Topliss-reactive ketones (excluding diaryl/α,β-unsaturated/α-hetero) is 1. The number of carbonyl (C=O) groups excluding carboxylic acids is 1. The summed E-state index contributed by atoms with van der Waals surface area (Å²) < 4.78 is 6.96. The summed E-state index contributed by atoms with van der Waals surface area (Å²) in [4.78, 5) is 24.1. The van der Waals surface area contributed by atoms with Crippen LogP contribution in [0.5, 0.6) is 5.75 Å². The fourth-order valence-corrected chi connectivity index (χ4v) is 2.50. The largest absolute Gasteiger partial charge is 0.485 e. The van der Waals surface area contributed by atoms with E-state index in [1.807, 2.05) is 39.8 Å². The van der Waals surface area contributed by atoms with E-state index in [2.05, 4.69) is 5.10 Å². The van der Waals surface area contributed by atoms with E-state index in [4.69, 9.17) is 16.3 Å². The molecule has 0 unspecified atom stereocenters. The number of aromatic nitrogens is 2. The molecule has 1 aromatic carbocycles. The molecule has 2 aromatic rings. The fourth-order valence-electron chi connectivity index (χ4n) is 2.32. The van der Waals surface area contributed by atoms with Crippen LogP contribution in [0.3, 0.4) is 0 Å². The Labute approximate surface area is 152 Å². The zero-order valence-corrected chi connectivity index (χ0v) is 15.8. The van der Waals surface area contributed by atoms with Crippen molar-refractivity contribution in [2.75, 3.05) is 0 Å². The summed E-state index contributed by atoms with van der Waals surface area (Å²) in [5.74, 6) is 0.381. The van der Waals surface area contributed by atoms with Crippen LogP contribution < -0.4 is 10.3 Å². The molecule has 0 saturated heterocycles. The van der Waals surface area contributed by atoms with E-state index in [0.29, 0.717) is 12.0 Å². The van der Waals surface area contributed by atoms with Crippen LogP contribution in [0, 0.1) is 0 Å². The van der Waals surface area contributed by atoms with Gasteiger partial charge in [0.1, 0.15) is 6.61 Å². The minimum atomic E-state index is -0.458. The van der Waals surface area contributed by atoms with Crippen LogP contribution in [0.2, 0.25) is 5.02 Å². The van der Waals surface area contributed by atoms with E-state index < -0.39 is 5.54 Å². The number of hydrogen-bond acceptors (Lipinski definition) is 4. The summed E-state index contributed by atoms with van der Waals surface area (Å²) in [5.41, 5.74) is 0.731. The molecule has 0 bridgehead atoms. The average Bonchev–Trinajstić information content (AvgIpc) is 2.55. The third-order valence-corrected chi connectivity index (χ3v) is 4.02. The number of carbonyl (C=O) groups is 1. The molecule has 0 atom stereocenters. The topological polar surface area (TPSA) is 61.2 Å². The van der Waals surface area contributed by atoms with E-state index >= 15 is 0 Å². The van der Waals surface area contributed by atoms with Crippen molar-refractivity contribution in [3.8, 4) is 5.75 Å². The van der Waals surface area contributed by atoms with Gasteiger partial charge in [0.25, 0.3) is 5.56 Å². The molecule has 0 radical (unpaired) electrons. The van der Waals surface area contributed by atoms with Crippen molar-refractivity contribution in [2.24, 2.45) is 0 Å². The zero-order chi connectivity index (χ0) is 18.6. The van der Waals surface area contributed by atoms with Crippen LogP contribution in [0.1, 0.15) is 56.5 Å². The molecule has 5 nitrogen and oxygen atoms in total. The van der Waals surface area contributed by atoms with Gasteiger partial charge in [0.05, 0.1) is 11.7 Å². The minimum absolute atomic E-state index is 0.0136. The van der Waals surface area contributed by atoms with Crippen LogP contribution in [0.15, 0.2) is 35.3 Å². The van der Waals surface area contributed by atoms with Crippen molar-refractivity contribution >= 4 is 17.4 Å². The van der Waals surface area contributed by atoms with Crippen molar-refractivity contribution in [1.82, 2.24) is 9.78 Å². The highest BCUT2D eigenvalue weighted by molar-refractivity contribution is 6.31. The number of rotatable bonds is 6. The lowest BCUT2D eigenvalue weighted by Crippen LogP contribution is -2.36. The Hall–Kier alpha value is -2.14. The molecule has 0 saturated carbocycles. The second-order valence-corrected chi connectivity index (χ2v) is 7.25. The summed E-state index contributed by atoms with van der Waals surface area (Å²) in [6.45, 7) is 7.84. The van der Waals surface area contributed by atoms with E-state index in [1.165, 1.54) is 10.9 Å². The lowest BCUT2D eigenvalue weighted by Gasteiger charge is -2.21. The third kappa shape index (κ3) is 4.69. The average molecular weight is 363 g/mol. The van der Waals surface area contributed by atoms with Crippen LogP contribution in [-0.2, 0) is 12.1 Å². The van der Waals surface area contributed by atoms with Crippen LogP contribution >= 0.6 is 11.6 Å². The monoisotopic (exact) mass is 362 g/mol. The number of ketones is 1. The maximum Gasteiger partial charge on any atom is 0.289 e. The van der Waals surface area contributed by atoms with Gasteiger partial charge in [-0.25, -0.2) is 4.68 Å². The van der Waals surface area contributed by atoms with Gasteiger partial charge >= 0.3 is 0 Å². The molecule has 0 aliphatic carbocycles. The van der Waals surface area contributed by atoms with Gasteiger partial charge < -0.3 is 4.74 Å². The van der Waals surface area contributed by atoms with Gasteiger partial charge in [-0.15, -0.1) is 0 Å². The Bertz CT molecular complexity index is 805. The summed E-state index contributed by atoms with van der Waals surface area (Å²) in [7, 11) is 0. The fraction of sp³-hybridized carbons (Fsp3) is 0.421. The van der Waals surface area contributed by atoms with Crippen LogP contribution in [-0.4, -0.2) is 15.6 Å². The first-order chi connectivity index (χ1) is 11.7. The molecule has 2 rings (SSSR count). The van der Waals surface area contributed by atoms with E-state index in [1.54, 1.807) is 12.1 Å². The predicted molar refractivity (Wildman–Crippen MR) is 98.5 cm³/mol. The molecule has 0 N–H and O–H groups in total. The second-order valence-electron chi connectivity index (χ2n) is 6.87.